The van der Waals surface area contributed by atoms with Gasteiger partial charge in [-0.05, 0) is 48.6 Å². The molecule has 0 bridgehead atoms. The summed E-state index contributed by atoms with van der Waals surface area (Å²) in [6.07, 6.45) is 1.62. The van der Waals surface area contributed by atoms with Crippen molar-refractivity contribution >= 4 is 28.5 Å². The Bertz CT molecular complexity index is 838. The number of nitrogens with one attached hydrogen (secondary N) is 2. The fourth-order valence-corrected chi connectivity index (χ4v) is 2.94. The van der Waals surface area contributed by atoms with Crippen molar-refractivity contribution in [2.75, 3.05) is 0 Å². The Labute approximate surface area is 147 Å². The number of halogens is 1. The molecule has 0 radical (unpaired) electrons. The zero-order valence-corrected chi connectivity index (χ0v) is 15.0. The van der Waals surface area contributed by atoms with E-state index in [4.69, 9.17) is 0 Å². The summed E-state index contributed by atoms with van der Waals surface area (Å²) >= 11 is 2.08. The van der Waals surface area contributed by atoms with Gasteiger partial charge < -0.3 is 5.32 Å². The first-order valence-corrected chi connectivity index (χ1v) is 8.23. The summed E-state index contributed by atoms with van der Waals surface area (Å²) in [7, 11) is 0. The molecule has 1 amide bonds. The minimum atomic E-state index is -0.168. The summed E-state index contributed by atoms with van der Waals surface area (Å²) in [5, 5.41) is 14.1. The fourth-order valence-electron chi connectivity index (χ4n) is 2.44. The Morgan fingerprint density at radius 3 is 2.70 bits per heavy atom. The first kappa shape index (κ1) is 15.7. The van der Waals surface area contributed by atoms with Gasteiger partial charge in [-0.25, -0.2) is 4.68 Å². The molecule has 2 heterocycles. The molecule has 3 rings (SSSR count). The van der Waals surface area contributed by atoms with Gasteiger partial charge in [0.1, 0.15) is 5.69 Å². The highest BCUT2D eigenvalue weighted by Gasteiger charge is 2.16. The van der Waals surface area contributed by atoms with Crippen molar-refractivity contribution in [1.82, 2.24) is 25.3 Å². The van der Waals surface area contributed by atoms with Gasteiger partial charge in [-0.2, -0.15) is 10.2 Å². The lowest BCUT2D eigenvalue weighted by Crippen LogP contribution is -2.24. The van der Waals surface area contributed by atoms with Crippen molar-refractivity contribution in [1.29, 1.82) is 0 Å². The predicted molar refractivity (Wildman–Crippen MR) is 95.5 cm³/mol. The smallest absolute Gasteiger partial charge is 0.270 e. The molecular formula is C16H16IN5O. The van der Waals surface area contributed by atoms with Crippen molar-refractivity contribution in [3.05, 3.63) is 62.7 Å². The second-order valence-corrected chi connectivity index (χ2v) is 6.33. The molecule has 2 N–H and O–H groups in total. The highest BCUT2D eigenvalue weighted by atomic mass is 127. The average molecular weight is 421 g/mol. The molecule has 0 aliphatic rings. The van der Waals surface area contributed by atoms with E-state index < -0.39 is 0 Å². The van der Waals surface area contributed by atoms with E-state index >= 15 is 0 Å². The molecular weight excluding hydrogens is 405 g/mol. The van der Waals surface area contributed by atoms with E-state index in [1.54, 1.807) is 6.20 Å². The van der Waals surface area contributed by atoms with Gasteiger partial charge in [-0.3, -0.25) is 9.89 Å². The molecule has 3 aromatic rings. The van der Waals surface area contributed by atoms with Crippen LogP contribution in [0.3, 0.4) is 0 Å². The van der Waals surface area contributed by atoms with E-state index in [-0.39, 0.29) is 5.91 Å². The van der Waals surface area contributed by atoms with Gasteiger partial charge in [0.2, 0.25) is 0 Å². The number of amides is 1. The maximum absolute atomic E-state index is 12.2. The molecule has 1 aromatic carbocycles. The zero-order chi connectivity index (χ0) is 16.4. The van der Waals surface area contributed by atoms with E-state index in [2.05, 4.69) is 43.2 Å². The molecule has 0 saturated carbocycles. The van der Waals surface area contributed by atoms with Crippen LogP contribution in [0.15, 0.2) is 36.5 Å². The third-order valence-corrected chi connectivity index (χ3v) is 4.51. The summed E-state index contributed by atoms with van der Waals surface area (Å²) in [4.78, 5) is 12.2. The van der Waals surface area contributed by atoms with E-state index in [0.717, 1.165) is 26.2 Å². The topological polar surface area (TPSA) is 75.6 Å². The number of carbonyl (C=O) groups excluding carboxylic acids is 1. The number of carbonyl (C=O) groups is 1. The summed E-state index contributed by atoms with van der Waals surface area (Å²) in [5.74, 6) is -0.168. The van der Waals surface area contributed by atoms with Crippen LogP contribution in [0.2, 0.25) is 0 Å². The largest absolute Gasteiger partial charge is 0.346 e. The molecule has 0 unspecified atom stereocenters. The lowest BCUT2D eigenvalue weighted by Gasteiger charge is -2.06. The van der Waals surface area contributed by atoms with Crippen molar-refractivity contribution < 1.29 is 4.79 Å². The summed E-state index contributed by atoms with van der Waals surface area (Å²) in [6.45, 7) is 4.39. The van der Waals surface area contributed by atoms with Gasteiger partial charge in [-0.1, -0.05) is 18.2 Å². The lowest BCUT2D eigenvalue weighted by atomic mass is 10.2. The molecule has 0 aliphatic carbocycles. The fraction of sp³-hybridized carbons (Fsp3) is 0.188. The first-order valence-electron chi connectivity index (χ1n) is 7.15. The van der Waals surface area contributed by atoms with Crippen LogP contribution in [-0.2, 0) is 6.54 Å². The summed E-state index contributed by atoms with van der Waals surface area (Å²) in [5.41, 5.74) is 4.45. The third-order valence-electron chi connectivity index (χ3n) is 3.69. The van der Waals surface area contributed by atoms with Crippen LogP contribution in [0.1, 0.15) is 27.4 Å². The minimum Gasteiger partial charge on any atom is -0.346 e. The van der Waals surface area contributed by atoms with Crippen LogP contribution in [0.5, 0.6) is 0 Å². The lowest BCUT2D eigenvalue weighted by molar-refractivity contribution is 0.0945. The maximum atomic E-state index is 12.2. The zero-order valence-electron chi connectivity index (χ0n) is 12.8. The number of hydrogen-bond donors (Lipinski definition) is 2. The number of hydrogen-bond acceptors (Lipinski definition) is 3. The molecule has 0 fully saturated rings. The van der Waals surface area contributed by atoms with Crippen molar-refractivity contribution in [2.24, 2.45) is 0 Å². The van der Waals surface area contributed by atoms with Crippen LogP contribution in [0, 0.1) is 17.4 Å². The highest BCUT2D eigenvalue weighted by Crippen LogP contribution is 2.18. The molecule has 118 valence electrons. The molecule has 23 heavy (non-hydrogen) atoms. The molecule has 0 aliphatic heterocycles. The quantitative estimate of drug-likeness (QED) is 0.637. The van der Waals surface area contributed by atoms with Crippen LogP contribution in [-0.4, -0.2) is 25.9 Å². The van der Waals surface area contributed by atoms with Crippen LogP contribution < -0.4 is 5.32 Å². The molecule has 6 nitrogen and oxygen atoms in total. The SMILES string of the molecule is Cc1nn(-c2ccccc2)c(C)c1CNC(=O)c1[nH]ncc1I. The number of benzene rings is 1. The molecule has 0 atom stereocenters. The van der Waals surface area contributed by atoms with Gasteiger partial charge in [0.25, 0.3) is 5.91 Å². The normalized spacial score (nSPS) is 10.7. The Morgan fingerprint density at radius 1 is 1.30 bits per heavy atom. The number of H-pyrrole nitrogens is 1. The third kappa shape index (κ3) is 3.14. The number of aryl methyl sites for hydroxylation is 1. The Balaban J connectivity index is 1.80. The van der Waals surface area contributed by atoms with E-state index in [9.17, 15) is 4.79 Å². The van der Waals surface area contributed by atoms with Crippen LogP contribution in [0.4, 0.5) is 0 Å². The van der Waals surface area contributed by atoms with E-state index in [0.29, 0.717) is 12.2 Å². The summed E-state index contributed by atoms with van der Waals surface area (Å²) < 4.78 is 2.70. The average Bonchev–Trinajstić information content (AvgIpc) is 3.10. The number of aromatic amines is 1. The Kier molecular flexibility index (Phi) is 4.46. The Hall–Kier alpha value is -2.16. The van der Waals surface area contributed by atoms with Gasteiger partial charge in [0.15, 0.2) is 0 Å². The number of aromatic nitrogens is 4. The minimum absolute atomic E-state index is 0.168. The predicted octanol–water partition coefficient (Wildman–Crippen LogP) is 2.75. The van der Waals surface area contributed by atoms with Crippen molar-refractivity contribution in [3.8, 4) is 5.69 Å². The monoisotopic (exact) mass is 421 g/mol. The maximum Gasteiger partial charge on any atom is 0.270 e. The van der Waals surface area contributed by atoms with E-state index in [1.807, 2.05) is 48.9 Å². The number of nitrogens with zero attached hydrogens (tertiary/aromatic N) is 3. The summed E-state index contributed by atoms with van der Waals surface area (Å²) in [6, 6.07) is 9.95. The van der Waals surface area contributed by atoms with Gasteiger partial charge in [-0.15, -0.1) is 0 Å². The van der Waals surface area contributed by atoms with Gasteiger partial charge >= 0.3 is 0 Å². The second-order valence-electron chi connectivity index (χ2n) is 5.17. The molecule has 2 aromatic heterocycles. The van der Waals surface area contributed by atoms with Crippen molar-refractivity contribution in [2.45, 2.75) is 20.4 Å². The number of rotatable bonds is 4. The molecule has 0 spiro atoms. The standard InChI is InChI=1S/C16H16IN5O/c1-10-13(8-18-16(23)15-14(17)9-19-20-15)11(2)22(21-10)12-6-4-3-5-7-12/h3-7,9H,8H2,1-2H3,(H,18,23)(H,19,20). The van der Waals surface area contributed by atoms with Crippen LogP contribution >= 0.6 is 22.6 Å². The molecule has 7 heteroatoms. The number of para-hydroxylation sites is 1. The molecule has 0 saturated heterocycles. The van der Waals surface area contributed by atoms with Crippen LogP contribution in [0.25, 0.3) is 5.69 Å². The van der Waals surface area contributed by atoms with Crippen molar-refractivity contribution in [3.63, 3.8) is 0 Å². The highest BCUT2D eigenvalue weighted by molar-refractivity contribution is 14.1. The van der Waals surface area contributed by atoms with Gasteiger partial charge in [0.05, 0.1) is 21.1 Å². The van der Waals surface area contributed by atoms with E-state index in [1.165, 1.54) is 0 Å². The Morgan fingerprint density at radius 2 is 2.04 bits per heavy atom. The van der Waals surface area contributed by atoms with Gasteiger partial charge in [0, 0.05) is 17.8 Å². The second kappa shape index (κ2) is 6.53. The first-order chi connectivity index (χ1) is 11.1.